The average molecular weight is 857 g/mol. The van der Waals surface area contributed by atoms with Gasteiger partial charge in [0.05, 0.1) is 24.3 Å². The highest BCUT2D eigenvalue weighted by Crippen LogP contribution is 2.33. The molecule has 58 heavy (non-hydrogen) atoms. The first-order valence-electron chi connectivity index (χ1n) is 19.4. The van der Waals surface area contributed by atoms with E-state index in [0.29, 0.717) is 37.3 Å². The molecule has 4 heterocycles. The predicted molar refractivity (Wildman–Crippen MR) is 210 cm³/mol. The van der Waals surface area contributed by atoms with Crippen LogP contribution in [0.15, 0.2) is 34.1 Å². The Bertz CT molecular complexity index is 1740. The van der Waals surface area contributed by atoms with Gasteiger partial charge in [-0.25, -0.2) is 9.59 Å². The molecule has 2 aromatic heterocycles. The molecule has 2 aliphatic heterocycles. The number of alkyl halides is 6. The van der Waals surface area contributed by atoms with Crippen molar-refractivity contribution in [3.05, 3.63) is 67.5 Å². The van der Waals surface area contributed by atoms with E-state index in [2.05, 4.69) is 24.1 Å². The number of aldehydes is 1. The molecule has 0 bridgehead atoms. The lowest BCUT2D eigenvalue weighted by atomic mass is 9.99. The molecule has 1 N–H and O–H groups in total. The first-order chi connectivity index (χ1) is 26.5. The van der Waals surface area contributed by atoms with Crippen LogP contribution in [0.25, 0.3) is 0 Å². The maximum absolute atomic E-state index is 13.5. The van der Waals surface area contributed by atoms with Gasteiger partial charge in [-0.05, 0) is 81.0 Å². The van der Waals surface area contributed by atoms with Gasteiger partial charge in [-0.3, -0.25) is 9.59 Å². The molecule has 2 unspecified atom stereocenters. The fourth-order valence-corrected chi connectivity index (χ4v) is 6.39. The minimum Gasteiger partial charge on any atom is -0.464 e. The summed E-state index contributed by atoms with van der Waals surface area (Å²) in [6, 6.07) is -0.936. The van der Waals surface area contributed by atoms with E-state index in [1.54, 1.807) is 13.8 Å². The molecular weight excluding hydrogens is 798 g/mol. The third-order valence-electron chi connectivity index (χ3n) is 9.24. The molecule has 0 aliphatic carbocycles. The number of nitrogens with one attached hydrogen (secondary N) is 1. The highest BCUT2D eigenvalue weighted by molar-refractivity contribution is 5.85. The Kier molecular flexibility index (Phi) is 21.5. The van der Waals surface area contributed by atoms with Crippen LogP contribution >= 0.6 is 12.4 Å². The van der Waals surface area contributed by atoms with Crippen LogP contribution in [-0.4, -0.2) is 78.2 Å². The van der Waals surface area contributed by atoms with Crippen LogP contribution in [-0.2, 0) is 49.1 Å². The largest absolute Gasteiger partial charge is 0.464 e. The molecule has 2 aromatic rings. The zero-order valence-electron chi connectivity index (χ0n) is 34.5. The third-order valence-corrected chi connectivity index (χ3v) is 9.24. The summed E-state index contributed by atoms with van der Waals surface area (Å²) in [7, 11) is 0. The number of carbonyl (C=O) groups excluding carboxylic acids is 3. The van der Waals surface area contributed by atoms with Crippen LogP contribution in [0.1, 0.15) is 103 Å². The zero-order chi connectivity index (χ0) is 43.2. The monoisotopic (exact) mass is 856 g/mol. The van der Waals surface area contributed by atoms with Crippen LogP contribution in [0.3, 0.4) is 0 Å². The molecule has 11 nitrogen and oxygen atoms in total. The SMILES string of the molecule is CC1CNC1.CCOC(=O)C(CC(C)C)n1cc(CC=O)c(C(F)(F)F)cc1=O.CCOC(=O)C(CC(C)C)n1cc(CCN2CC(C)C2)c(C(F)(F)F)cc1=O.Cl. The summed E-state index contributed by atoms with van der Waals surface area (Å²) in [5, 5.41) is 3.16. The van der Waals surface area contributed by atoms with Gasteiger partial charge in [-0.1, -0.05) is 41.5 Å². The minimum absolute atomic E-state index is 0. The lowest BCUT2D eigenvalue weighted by Crippen LogP contribution is -2.46. The van der Waals surface area contributed by atoms with Crippen LogP contribution in [0.2, 0.25) is 0 Å². The van der Waals surface area contributed by atoms with E-state index in [1.165, 1.54) is 19.3 Å². The number of ether oxygens (including phenoxy) is 2. The molecule has 18 heteroatoms. The quantitative estimate of drug-likeness (QED) is 0.115. The molecule has 2 fully saturated rings. The lowest BCUT2D eigenvalue weighted by Gasteiger charge is -2.37. The van der Waals surface area contributed by atoms with Gasteiger partial charge in [-0.2, -0.15) is 26.3 Å². The van der Waals surface area contributed by atoms with Crippen molar-refractivity contribution in [2.24, 2.45) is 23.7 Å². The van der Waals surface area contributed by atoms with Crippen molar-refractivity contribution in [1.82, 2.24) is 19.4 Å². The smallest absolute Gasteiger partial charge is 0.416 e. The lowest BCUT2D eigenvalue weighted by molar-refractivity contribution is -0.148. The molecule has 2 atom stereocenters. The summed E-state index contributed by atoms with van der Waals surface area (Å²) in [6.07, 6.45) is -6.71. The number of hydrogen-bond acceptors (Lipinski definition) is 9. The molecular formula is C40H59ClF6N4O7. The summed E-state index contributed by atoms with van der Waals surface area (Å²) >= 11 is 0. The van der Waals surface area contributed by atoms with Crippen molar-refractivity contribution in [3.63, 3.8) is 0 Å². The number of carbonyl (C=O) groups is 3. The van der Waals surface area contributed by atoms with Crippen molar-refractivity contribution < 1.29 is 50.2 Å². The molecule has 330 valence electrons. The number of rotatable bonds is 15. The first-order valence-corrected chi connectivity index (χ1v) is 19.4. The summed E-state index contributed by atoms with van der Waals surface area (Å²) in [5.41, 5.74) is -4.21. The second-order valence-electron chi connectivity index (χ2n) is 15.5. The predicted octanol–water partition coefficient (Wildman–Crippen LogP) is 6.92. The third kappa shape index (κ3) is 16.2. The summed E-state index contributed by atoms with van der Waals surface area (Å²) < 4.78 is 91.5. The van der Waals surface area contributed by atoms with E-state index in [9.17, 15) is 50.3 Å². The van der Waals surface area contributed by atoms with Crippen LogP contribution in [0.4, 0.5) is 26.3 Å². The van der Waals surface area contributed by atoms with Crippen molar-refractivity contribution >= 4 is 30.6 Å². The van der Waals surface area contributed by atoms with Crippen molar-refractivity contribution in [3.8, 4) is 0 Å². The van der Waals surface area contributed by atoms with E-state index in [-0.39, 0.29) is 61.4 Å². The van der Waals surface area contributed by atoms with E-state index in [4.69, 9.17) is 9.47 Å². The molecule has 0 aromatic carbocycles. The van der Waals surface area contributed by atoms with Gasteiger partial charge in [0.1, 0.15) is 18.4 Å². The number of halogens is 7. The van der Waals surface area contributed by atoms with Crippen LogP contribution < -0.4 is 16.4 Å². The Labute approximate surface area is 342 Å². The molecule has 0 spiro atoms. The Balaban J connectivity index is 0.000000512. The fourth-order valence-electron chi connectivity index (χ4n) is 6.39. The fraction of sp³-hybridized carbons (Fsp3) is 0.675. The molecule has 0 radical (unpaired) electrons. The second-order valence-corrected chi connectivity index (χ2v) is 15.5. The van der Waals surface area contributed by atoms with Crippen LogP contribution in [0.5, 0.6) is 0 Å². The van der Waals surface area contributed by atoms with Gasteiger partial charge in [0.2, 0.25) is 0 Å². The number of likely N-dealkylation sites (tertiary alicyclic amines) is 1. The molecule has 2 saturated heterocycles. The molecule has 4 rings (SSSR count). The Morgan fingerprint density at radius 1 is 0.776 bits per heavy atom. The van der Waals surface area contributed by atoms with Crippen molar-refractivity contribution in [1.29, 1.82) is 0 Å². The van der Waals surface area contributed by atoms with Crippen molar-refractivity contribution in [2.75, 3.05) is 45.9 Å². The van der Waals surface area contributed by atoms with Gasteiger partial charge >= 0.3 is 24.3 Å². The van der Waals surface area contributed by atoms with Gasteiger partial charge in [-0.15, -0.1) is 12.4 Å². The molecule has 0 amide bonds. The normalized spacial score (nSPS) is 15.7. The standard InChI is InChI=1S/C20H29F3N2O3.C16H20F3NO4.C4H9N.ClH/c1-5-28-19(27)17(8-13(2)3)25-12-15(6-7-24-10-14(4)11-24)16(9-18(25)26)20(21,22)23;1-4-24-15(23)13(7-10(2)3)20-9-11(5-6-21)12(8-14(20)22)16(17,18)19;1-4-2-5-3-4;/h9,12-14,17H,5-8,10-11H2,1-4H3;6,8-10,13H,4-5,7H2,1-3H3;4-5H,2-3H2,1H3;1H. The molecule has 0 saturated carbocycles. The highest BCUT2D eigenvalue weighted by atomic mass is 35.5. The summed E-state index contributed by atoms with van der Waals surface area (Å²) in [6.45, 7) is 19.9. The van der Waals surface area contributed by atoms with Crippen LogP contribution in [0, 0.1) is 23.7 Å². The number of aromatic nitrogens is 2. The van der Waals surface area contributed by atoms with Gasteiger partial charge in [0.25, 0.3) is 11.1 Å². The highest BCUT2D eigenvalue weighted by Gasteiger charge is 2.37. The Hall–Kier alpha value is -3.70. The number of nitrogens with zero attached hydrogens (tertiary/aromatic N) is 3. The minimum atomic E-state index is -4.76. The van der Waals surface area contributed by atoms with Gasteiger partial charge in [0.15, 0.2) is 0 Å². The maximum Gasteiger partial charge on any atom is 0.416 e. The van der Waals surface area contributed by atoms with Crippen molar-refractivity contribution in [2.45, 2.75) is 106 Å². The second kappa shape index (κ2) is 23.8. The Morgan fingerprint density at radius 2 is 1.17 bits per heavy atom. The number of hydrogen-bond donors (Lipinski definition) is 1. The topological polar surface area (TPSA) is 129 Å². The number of pyridine rings is 2. The van der Waals surface area contributed by atoms with E-state index in [0.717, 1.165) is 34.3 Å². The van der Waals surface area contributed by atoms with Gasteiger partial charge in [0, 0.05) is 50.6 Å². The zero-order valence-corrected chi connectivity index (χ0v) is 35.3. The first kappa shape index (κ1) is 52.3. The van der Waals surface area contributed by atoms with E-state index in [1.807, 2.05) is 27.7 Å². The van der Waals surface area contributed by atoms with E-state index < -0.39 is 65.0 Å². The average Bonchev–Trinajstić information content (AvgIpc) is 3.07. The maximum atomic E-state index is 13.5. The summed E-state index contributed by atoms with van der Waals surface area (Å²) in [5.74, 6) is 0.286. The van der Waals surface area contributed by atoms with E-state index >= 15 is 0 Å². The Morgan fingerprint density at radius 3 is 1.48 bits per heavy atom. The number of esters is 2. The summed E-state index contributed by atoms with van der Waals surface area (Å²) in [4.78, 5) is 61.9. The van der Waals surface area contributed by atoms with Gasteiger partial charge < -0.3 is 33.6 Å². The molecule has 2 aliphatic rings.